The highest BCUT2D eigenvalue weighted by Gasteiger charge is 2.60. The zero-order valence-corrected chi connectivity index (χ0v) is 12.2. The number of aliphatic hydroxyl groups is 1. The van der Waals surface area contributed by atoms with E-state index in [-0.39, 0.29) is 5.60 Å². The summed E-state index contributed by atoms with van der Waals surface area (Å²) in [5.41, 5.74) is -0.111. The molecule has 110 valence electrons. The number of furan rings is 1. The molecule has 3 fully saturated rings. The second kappa shape index (κ2) is 4.35. The summed E-state index contributed by atoms with van der Waals surface area (Å²) in [5, 5.41) is 10.8. The summed E-state index contributed by atoms with van der Waals surface area (Å²) in [6.45, 7) is 2.35. The van der Waals surface area contributed by atoms with Crippen molar-refractivity contribution in [3.63, 3.8) is 0 Å². The molecule has 0 aromatic carbocycles. The van der Waals surface area contributed by atoms with Crippen LogP contribution in [0.1, 0.15) is 63.5 Å². The Hall–Kier alpha value is -0.800. The Balaban J connectivity index is 1.78. The fourth-order valence-electron chi connectivity index (χ4n) is 5.30. The standard InChI is InChI=1S/C17H24O3/c1-12-5-2-7-16-8-4-9-17(18,20-16)11-13(15(12)16)14-6-3-10-19-14/h3,6,10,12-13,15,18H,2,4-5,7-9,11H2,1H3/t12-,13-,15-,16+,17-/m0/s1. The fraction of sp³-hybridized carbons (Fsp3) is 0.765. The summed E-state index contributed by atoms with van der Waals surface area (Å²) in [4.78, 5) is 0. The maximum Gasteiger partial charge on any atom is 0.166 e. The van der Waals surface area contributed by atoms with Gasteiger partial charge >= 0.3 is 0 Å². The Morgan fingerprint density at radius 2 is 2.10 bits per heavy atom. The molecule has 3 heteroatoms. The maximum absolute atomic E-state index is 10.8. The van der Waals surface area contributed by atoms with Crippen molar-refractivity contribution in [1.29, 1.82) is 0 Å². The molecular weight excluding hydrogens is 252 g/mol. The van der Waals surface area contributed by atoms with Gasteiger partial charge in [-0.15, -0.1) is 0 Å². The molecule has 2 aliphatic heterocycles. The Morgan fingerprint density at radius 1 is 1.25 bits per heavy atom. The normalized spacial score (nSPS) is 47.8. The van der Waals surface area contributed by atoms with Gasteiger partial charge in [0.25, 0.3) is 0 Å². The van der Waals surface area contributed by atoms with Crippen LogP contribution in [0.3, 0.4) is 0 Å². The fourth-order valence-corrected chi connectivity index (χ4v) is 5.30. The van der Waals surface area contributed by atoms with Crippen molar-refractivity contribution in [2.24, 2.45) is 11.8 Å². The van der Waals surface area contributed by atoms with E-state index in [0.29, 0.717) is 24.2 Å². The molecule has 5 atom stereocenters. The first-order valence-corrected chi connectivity index (χ1v) is 8.08. The van der Waals surface area contributed by atoms with E-state index < -0.39 is 5.79 Å². The molecular formula is C17H24O3. The van der Waals surface area contributed by atoms with Gasteiger partial charge in [0, 0.05) is 24.7 Å². The van der Waals surface area contributed by atoms with Crippen LogP contribution in [0.25, 0.3) is 0 Å². The molecule has 1 aromatic rings. The predicted molar refractivity (Wildman–Crippen MR) is 75.2 cm³/mol. The second-order valence-corrected chi connectivity index (χ2v) is 7.19. The average Bonchev–Trinajstić information content (AvgIpc) is 2.90. The third kappa shape index (κ3) is 1.79. The summed E-state index contributed by atoms with van der Waals surface area (Å²) >= 11 is 0. The molecule has 0 amide bonds. The third-order valence-corrected chi connectivity index (χ3v) is 5.92. The van der Waals surface area contributed by atoms with E-state index in [2.05, 4.69) is 13.0 Å². The summed E-state index contributed by atoms with van der Waals surface area (Å²) in [6.07, 6.45) is 8.99. The summed E-state index contributed by atoms with van der Waals surface area (Å²) in [7, 11) is 0. The third-order valence-electron chi connectivity index (χ3n) is 5.92. The zero-order valence-electron chi connectivity index (χ0n) is 12.2. The molecule has 3 nitrogen and oxygen atoms in total. The van der Waals surface area contributed by atoms with E-state index >= 15 is 0 Å². The van der Waals surface area contributed by atoms with Crippen molar-refractivity contribution in [1.82, 2.24) is 0 Å². The van der Waals surface area contributed by atoms with Crippen molar-refractivity contribution in [2.75, 3.05) is 0 Å². The van der Waals surface area contributed by atoms with E-state index in [0.717, 1.165) is 31.4 Å². The van der Waals surface area contributed by atoms with E-state index in [1.807, 2.05) is 6.07 Å². The van der Waals surface area contributed by atoms with Crippen LogP contribution in [0.5, 0.6) is 0 Å². The Morgan fingerprint density at radius 3 is 2.90 bits per heavy atom. The van der Waals surface area contributed by atoms with E-state index in [4.69, 9.17) is 9.15 Å². The van der Waals surface area contributed by atoms with Crippen LogP contribution >= 0.6 is 0 Å². The van der Waals surface area contributed by atoms with Crippen molar-refractivity contribution < 1.29 is 14.3 Å². The Bertz CT molecular complexity index is 478. The van der Waals surface area contributed by atoms with Gasteiger partial charge in [0.2, 0.25) is 0 Å². The molecule has 2 saturated heterocycles. The maximum atomic E-state index is 10.8. The topological polar surface area (TPSA) is 42.6 Å². The molecule has 3 heterocycles. The minimum atomic E-state index is -0.927. The van der Waals surface area contributed by atoms with E-state index in [1.54, 1.807) is 6.26 Å². The van der Waals surface area contributed by atoms with Crippen LogP contribution in [0.15, 0.2) is 22.8 Å². The summed E-state index contributed by atoms with van der Waals surface area (Å²) < 4.78 is 12.0. The number of hydrogen-bond acceptors (Lipinski definition) is 3. The van der Waals surface area contributed by atoms with Gasteiger partial charge in [-0.3, -0.25) is 0 Å². The number of hydrogen-bond donors (Lipinski definition) is 1. The van der Waals surface area contributed by atoms with Gasteiger partial charge in [-0.25, -0.2) is 0 Å². The van der Waals surface area contributed by atoms with Crippen molar-refractivity contribution in [2.45, 2.75) is 69.2 Å². The zero-order chi connectivity index (χ0) is 13.8. The molecule has 1 N–H and O–H groups in total. The van der Waals surface area contributed by atoms with E-state index in [1.165, 1.54) is 12.8 Å². The number of fused-ring (bicyclic) bond motifs is 1. The Labute approximate surface area is 120 Å². The van der Waals surface area contributed by atoms with Gasteiger partial charge in [-0.05, 0) is 37.3 Å². The highest BCUT2D eigenvalue weighted by molar-refractivity contribution is 5.17. The Kier molecular flexibility index (Phi) is 2.80. The molecule has 1 aromatic heterocycles. The molecule has 0 radical (unpaired) electrons. The van der Waals surface area contributed by atoms with Gasteiger partial charge in [0.15, 0.2) is 5.79 Å². The first-order chi connectivity index (χ1) is 9.62. The highest BCUT2D eigenvalue weighted by Crippen LogP contribution is 2.59. The van der Waals surface area contributed by atoms with Crippen LogP contribution in [-0.4, -0.2) is 16.5 Å². The van der Waals surface area contributed by atoms with Gasteiger partial charge < -0.3 is 14.3 Å². The number of rotatable bonds is 1. The molecule has 4 rings (SSSR count). The summed E-state index contributed by atoms with van der Waals surface area (Å²) in [6, 6.07) is 4.04. The summed E-state index contributed by atoms with van der Waals surface area (Å²) in [5.74, 6) is 1.55. The minimum absolute atomic E-state index is 0.111. The van der Waals surface area contributed by atoms with Crippen LogP contribution in [0.2, 0.25) is 0 Å². The lowest BCUT2D eigenvalue weighted by Gasteiger charge is -2.60. The predicted octanol–water partition coefficient (Wildman–Crippen LogP) is 3.83. The quantitative estimate of drug-likeness (QED) is 0.847. The SMILES string of the molecule is C[C@H]1CCC[C@@]23CCC[C@@](O)(C[C@@H](c4ccco4)[C@H]12)O3. The van der Waals surface area contributed by atoms with Gasteiger partial charge in [0.1, 0.15) is 5.76 Å². The first-order valence-electron chi connectivity index (χ1n) is 8.08. The van der Waals surface area contributed by atoms with Crippen LogP contribution in [0.4, 0.5) is 0 Å². The van der Waals surface area contributed by atoms with Crippen LogP contribution in [-0.2, 0) is 4.74 Å². The van der Waals surface area contributed by atoms with Gasteiger partial charge in [0.05, 0.1) is 11.9 Å². The molecule has 0 unspecified atom stereocenters. The van der Waals surface area contributed by atoms with Crippen LogP contribution in [0, 0.1) is 11.8 Å². The van der Waals surface area contributed by atoms with Crippen LogP contribution < -0.4 is 0 Å². The first kappa shape index (κ1) is 12.9. The molecule has 2 bridgehead atoms. The molecule has 1 spiro atoms. The van der Waals surface area contributed by atoms with Gasteiger partial charge in [-0.2, -0.15) is 0 Å². The lowest BCUT2D eigenvalue weighted by atomic mass is 9.57. The molecule has 20 heavy (non-hydrogen) atoms. The van der Waals surface area contributed by atoms with Crippen molar-refractivity contribution >= 4 is 0 Å². The minimum Gasteiger partial charge on any atom is -0.469 e. The monoisotopic (exact) mass is 276 g/mol. The lowest BCUT2D eigenvalue weighted by Crippen LogP contribution is -2.62. The molecule has 1 aliphatic carbocycles. The highest BCUT2D eigenvalue weighted by atomic mass is 16.6. The van der Waals surface area contributed by atoms with Crippen molar-refractivity contribution in [3.05, 3.63) is 24.2 Å². The largest absolute Gasteiger partial charge is 0.469 e. The van der Waals surface area contributed by atoms with Crippen molar-refractivity contribution in [3.8, 4) is 0 Å². The molecule has 3 aliphatic rings. The smallest absolute Gasteiger partial charge is 0.166 e. The lowest BCUT2D eigenvalue weighted by molar-refractivity contribution is -0.349. The van der Waals surface area contributed by atoms with E-state index in [9.17, 15) is 5.11 Å². The molecule has 1 saturated carbocycles. The second-order valence-electron chi connectivity index (χ2n) is 7.19. The van der Waals surface area contributed by atoms with Gasteiger partial charge in [-0.1, -0.05) is 19.8 Å². The average molecular weight is 276 g/mol. The number of ether oxygens (including phenoxy) is 1.